The van der Waals surface area contributed by atoms with Crippen molar-refractivity contribution in [1.82, 2.24) is 25.1 Å². The van der Waals surface area contributed by atoms with E-state index in [1.165, 1.54) is 0 Å². The van der Waals surface area contributed by atoms with Crippen LogP contribution in [0.2, 0.25) is 0 Å². The van der Waals surface area contributed by atoms with Gasteiger partial charge in [-0.15, -0.1) is 0 Å². The van der Waals surface area contributed by atoms with Crippen LogP contribution in [0.15, 0.2) is 42.9 Å². The fraction of sp³-hybridized carbons (Fsp3) is 0.364. The highest BCUT2D eigenvalue weighted by molar-refractivity contribution is 5.96. The first kappa shape index (κ1) is 18.9. The number of aliphatic hydroxyl groups is 1. The molecule has 1 aromatic carbocycles. The normalized spacial score (nSPS) is 19.4. The molecule has 0 bridgehead atoms. The van der Waals surface area contributed by atoms with Crippen LogP contribution in [-0.4, -0.2) is 55.6 Å². The van der Waals surface area contributed by atoms with E-state index >= 15 is 0 Å². The molecule has 30 heavy (non-hydrogen) atoms. The van der Waals surface area contributed by atoms with Crippen molar-refractivity contribution in [3.8, 4) is 11.1 Å². The third-order valence-electron chi connectivity index (χ3n) is 5.71. The molecule has 1 fully saturated rings. The van der Waals surface area contributed by atoms with Crippen LogP contribution in [0.5, 0.6) is 0 Å². The van der Waals surface area contributed by atoms with E-state index in [1.54, 1.807) is 6.20 Å². The van der Waals surface area contributed by atoms with Gasteiger partial charge in [-0.05, 0) is 49.4 Å². The minimum absolute atomic E-state index is 0.0808. The number of hydrogen-bond acceptors (Lipinski definition) is 7. The van der Waals surface area contributed by atoms with Gasteiger partial charge in [-0.1, -0.05) is 6.07 Å². The molecule has 0 atom stereocenters. The number of aliphatic hydroxyl groups excluding tert-OH is 1. The van der Waals surface area contributed by atoms with Crippen LogP contribution >= 0.6 is 0 Å². The summed E-state index contributed by atoms with van der Waals surface area (Å²) >= 11 is 0. The van der Waals surface area contributed by atoms with Gasteiger partial charge in [0.2, 0.25) is 5.95 Å². The van der Waals surface area contributed by atoms with Gasteiger partial charge in [0.1, 0.15) is 5.65 Å². The predicted octanol–water partition coefficient (Wildman–Crippen LogP) is 3.30. The van der Waals surface area contributed by atoms with E-state index in [0.29, 0.717) is 18.6 Å². The average molecular weight is 404 g/mol. The predicted molar refractivity (Wildman–Crippen MR) is 115 cm³/mol. The fourth-order valence-corrected chi connectivity index (χ4v) is 4.15. The van der Waals surface area contributed by atoms with Gasteiger partial charge in [0.15, 0.2) is 0 Å². The molecule has 0 radical (unpaired) electrons. The maximum atomic E-state index is 8.89. The Morgan fingerprint density at radius 2 is 2.07 bits per heavy atom. The zero-order valence-corrected chi connectivity index (χ0v) is 16.6. The third-order valence-corrected chi connectivity index (χ3v) is 5.71. The summed E-state index contributed by atoms with van der Waals surface area (Å²) in [5, 5.41) is 22.5. The number of nitrogens with zero attached hydrogens (tertiary/aromatic N) is 4. The summed E-state index contributed by atoms with van der Waals surface area (Å²) in [5.41, 5.74) is 3.85. The fourth-order valence-electron chi connectivity index (χ4n) is 4.15. The number of rotatable bonds is 6. The molecule has 0 unspecified atom stereocenters. The molecular formula is C22H24N6O2. The van der Waals surface area contributed by atoms with E-state index in [1.807, 2.05) is 30.6 Å². The van der Waals surface area contributed by atoms with E-state index in [-0.39, 0.29) is 12.7 Å². The maximum absolute atomic E-state index is 8.89. The zero-order chi connectivity index (χ0) is 20.3. The number of anilines is 1. The van der Waals surface area contributed by atoms with Crippen LogP contribution in [0.25, 0.3) is 33.1 Å². The van der Waals surface area contributed by atoms with Gasteiger partial charge in [-0.2, -0.15) is 15.2 Å². The SMILES string of the molecule is OCCO[C@H]1CC[C@H](Nc2ncc3c(-c4ccc5nnccc5c4)c[nH]c3n2)CC1. The molecule has 8 heteroatoms. The van der Waals surface area contributed by atoms with Crippen LogP contribution in [0.3, 0.4) is 0 Å². The number of hydrogen-bond donors (Lipinski definition) is 3. The van der Waals surface area contributed by atoms with Crippen molar-refractivity contribution >= 4 is 27.9 Å². The van der Waals surface area contributed by atoms with Crippen molar-refractivity contribution in [2.75, 3.05) is 18.5 Å². The van der Waals surface area contributed by atoms with Crippen LogP contribution in [0, 0.1) is 0 Å². The van der Waals surface area contributed by atoms with Crippen LogP contribution in [0.4, 0.5) is 5.95 Å². The number of aromatic amines is 1. The highest BCUT2D eigenvalue weighted by Crippen LogP contribution is 2.30. The monoisotopic (exact) mass is 404 g/mol. The van der Waals surface area contributed by atoms with Gasteiger partial charge >= 0.3 is 0 Å². The summed E-state index contributed by atoms with van der Waals surface area (Å²) in [4.78, 5) is 12.5. The van der Waals surface area contributed by atoms with Crippen LogP contribution in [-0.2, 0) is 4.74 Å². The molecule has 1 saturated carbocycles. The van der Waals surface area contributed by atoms with E-state index in [2.05, 4.69) is 36.5 Å². The van der Waals surface area contributed by atoms with E-state index in [4.69, 9.17) is 9.84 Å². The molecule has 0 spiro atoms. The second-order valence-electron chi connectivity index (χ2n) is 7.68. The molecule has 0 saturated heterocycles. The molecule has 3 aromatic heterocycles. The molecule has 1 aliphatic carbocycles. The van der Waals surface area contributed by atoms with Crippen LogP contribution < -0.4 is 5.32 Å². The molecule has 1 aliphatic rings. The molecule has 0 amide bonds. The first-order valence-corrected chi connectivity index (χ1v) is 10.3. The Balaban J connectivity index is 1.31. The van der Waals surface area contributed by atoms with E-state index in [0.717, 1.165) is 58.7 Å². The molecule has 5 rings (SSSR count). The van der Waals surface area contributed by atoms with Crippen LogP contribution in [0.1, 0.15) is 25.7 Å². The molecule has 8 nitrogen and oxygen atoms in total. The topological polar surface area (TPSA) is 109 Å². The molecule has 4 aromatic rings. The lowest BCUT2D eigenvalue weighted by atomic mass is 9.93. The minimum Gasteiger partial charge on any atom is -0.394 e. The number of fused-ring (bicyclic) bond motifs is 2. The molecule has 3 N–H and O–H groups in total. The summed E-state index contributed by atoms with van der Waals surface area (Å²) in [6.07, 6.45) is 9.79. The first-order chi connectivity index (χ1) is 14.8. The van der Waals surface area contributed by atoms with Gasteiger partial charge in [-0.3, -0.25) is 0 Å². The lowest BCUT2D eigenvalue weighted by Crippen LogP contribution is -2.30. The summed E-state index contributed by atoms with van der Waals surface area (Å²) in [6.45, 7) is 0.500. The second-order valence-corrected chi connectivity index (χ2v) is 7.68. The van der Waals surface area contributed by atoms with Crippen molar-refractivity contribution in [3.63, 3.8) is 0 Å². The standard InChI is InChI=1S/C22H24N6O2/c29-9-10-30-17-4-2-16(3-5-17)26-22-24-13-19-18(12-23-21(19)27-22)14-1-6-20-15(11-14)7-8-25-28-20/h1,6-8,11-13,16-17,29H,2-5,9-10H2,(H2,23,24,26,27)/t16-,17-. The first-order valence-electron chi connectivity index (χ1n) is 10.3. The summed E-state index contributed by atoms with van der Waals surface area (Å²) < 4.78 is 5.64. The van der Waals surface area contributed by atoms with Crippen molar-refractivity contribution in [1.29, 1.82) is 0 Å². The molecule has 3 heterocycles. The molecule has 154 valence electrons. The Morgan fingerprint density at radius 1 is 1.17 bits per heavy atom. The Morgan fingerprint density at radius 3 is 2.93 bits per heavy atom. The van der Waals surface area contributed by atoms with Gasteiger partial charge in [0, 0.05) is 34.8 Å². The van der Waals surface area contributed by atoms with Gasteiger partial charge in [0.05, 0.1) is 31.0 Å². The third kappa shape index (κ3) is 3.83. The average Bonchev–Trinajstić information content (AvgIpc) is 3.21. The van der Waals surface area contributed by atoms with Gasteiger partial charge in [-0.25, -0.2) is 4.98 Å². The van der Waals surface area contributed by atoms with Crippen molar-refractivity contribution in [2.24, 2.45) is 0 Å². The summed E-state index contributed by atoms with van der Waals surface area (Å²) in [6, 6.07) is 8.43. The highest BCUT2D eigenvalue weighted by atomic mass is 16.5. The Hall–Kier alpha value is -3.10. The van der Waals surface area contributed by atoms with Crippen molar-refractivity contribution < 1.29 is 9.84 Å². The Bertz CT molecular complexity index is 1150. The lowest BCUT2D eigenvalue weighted by molar-refractivity contribution is 0.00719. The Kier molecular flexibility index (Phi) is 5.25. The maximum Gasteiger partial charge on any atom is 0.224 e. The largest absolute Gasteiger partial charge is 0.394 e. The number of nitrogens with one attached hydrogen (secondary N) is 2. The van der Waals surface area contributed by atoms with Gasteiger partial charge < -0.3 is 20.1 Å². The molecular weight excluding hydrogens is 380 g/mol. The smallest absolute Gasteiger partial charge is 0.224 e. The summed E-state index contributed by atoms with van der Waals surface area (Å²) in [7, 11) is 0. The molecule has 0 aliphatic heterocycles. The van der Waals surface area contributed by atoms with E-state index < -0.39 is 0 Å². The second kappa shape index (κ2) is 8.33. The quantitative estimate of drug-likeness (QED) is 0.452. The van der Waals surface area contributed by atoms with E-state index in [9.17, 15) is 0 Å². The summed E-state index contributed by atoms with van der Waals surface area (Å²) in [5.74, 6) is 0.643. The van der Waals surface area contributed by atoms with Gasteiger partial charge in [0.25, 0.3) is 0 Å². The number of benzene rings is 1. The highest BCUT2D eigenvalue weighted by Gasteiger charge is 2.22. The number of ether oxygens (including phenoxy) is 1. The number of aromatic nitrogens is 5. The lowest BCUT2D eigenvalue weighted by Gasteiger charge is -2.28. The Labute approximate surface area is 173 Å². The number of H-pyrrole nitrogens is 1. The zero-order valence-electron chi connectivity index (χ0n) is 16.6. The minimum atomic E-state index is 0.0808. The van der Waals surface area contributed by atoms with Crippen molar-refractivity contribution in [3.05, 3.63) is 42.9 Å². The van der Waals surface area contributed by atoms with Crippen molar-refractivity contribution in [2.45, 2.75) is 37.8 Å².